The van der Waals surface area contributed by atoms with Crippen molar-refractivity contribution in [2.24, 2.45) is 0 Å². The lowest BCUT2D eigenvalue weighted by Gasteiger charge is -2.25. The highest BCUT2D eigenvalue weighted by molar-refractivity contribution is 5.97. The molecular weight excluding hydrogens is 248 g/mol. The first-order chi connectivity index (χ1) is 9.72. The van der Waals surface area contributed by atoms with Crippen LogP contribution in [0.2, 0.25) is 0 Å². The molecule has 2 aliphatic rings. The van der Waals surface area contributed by atoms with Gasteiger partial charge in [-0.25, -0.2) is 0 Å². The number of aryl methyl sites for hydroxylation is 1. The number of carbonyl (C=O) groups is 1. The molecule has 2 aliphatic heterocycles. The van der Waals surface area contributed by atoms with Gasteiger partial charge in [-0.2, -0.15) is 0 Å². The van der Waals surface area contributed by atoms with Gasteiger partial charge in [-0.1, -0.05) is 29.8 Å². The summed E-state index contributed by atoms with van der Waals surface area (Å²) in [6.07, 6.45) is 3.82. The number of carbonyl (C=O) groups excluding carboxylic acids is 1. The molecule has 0 aliphatic carbocycles. The van der Waals surface area contributed by atoms with Crippen LogP contribution >= 0.6 is 0 Å². The van der Waals surface area contributed by atoms with Crippen LogP contribution in [0.5, 0.6) is 0 Å². The molecule has 1 atom stereocenters. The van der Waals surface area contributed by atoms with E-state index in [-0.39, 0.29) is 5.78 Å². The summed E-state index contributed by atoms with van der Waals surface area (Å²) in [6.45, 7) is 7.22. The molecule has 0 radical (unpaired) electrons. The largest absolute Gasteiger partial charge is 0.299 e. The van der Waals surface area contributed by atoms with E-state index in [1.54, 1.807) is 0 Å². The van der Waals surface area contributed by atoms with Crippen molar-refractivity contribution in [1.82, 2.24) is 9.80 Å². The maximum absolute atomic E-state index is 12.4. The normalized spacial score (nSPS) is 24.4. The summed E-state index contributed by atoms with van der Waals surface area (Å²) < 4.78 is 0. The summed E-state index contributed by atoms with van der Waals surface area (Å²) >= 11 is 0. The van der Waals surface area contributed by atoms with Crippen LogP contribution in [-0.4, -0.2) is 54.3 Å². The lowest BCUT2D eigenvalue weighted by molar-refractivity contribution is 0.0925. The maximum atomic E-state index is 12.4. The Kier molecular flexibility index (Phi) is 4.18. The van der Waals surface area contributed by atoms with Crippen LogP contribution in [0.4, 0.5) is 0 Å². The van der Waals surface area contributed by atoms with Crippen LogP contribution < -0.4 is 0 Å². The second kappa shape index (κ2) is 6.06. The van der Waals surface area contributed by atoms with E-state index >= 15 is 0 Å². The predicted molar refractivity (Wildman–Crippen MR) is 81.2 cm³/mol. The molecule has 0 N–H and O–H groups in total. The molecule has 2 saturated heterocycles. The van der Waals surface area contributed by atoms with E-state index in [0.29, 0.717) is 12.6 Å². The topological polar surface area (TPSA) is 23.6 Å². The molecule has 1 unspecified atom stereocenters. The Balaban J connectivity index is 1.61. The van der Waals surface area contributed by atoms with Gasteiger partial charge >= 0.3 is 0 Å². The summed E-state index contributed by atoms with van der Waals surface area (Å²) in [5, 5.41) is 0. The molecule has 0 spiro atoms. The van der Waals surface area contributed by atoms with Crippen molar-refractivity contribution in [2.75, 3.05) is 32.7 Å². The van der Waals surface area contributed by atoms with Gasteiger partial charge in [0, 0.05) is 18.2 Å². The van der Waals surface area contributed by atoms with Crippen molar-refractivity contribution in [3.05, 3.63) is 35.4 Å². The van der Waals surface area contributed by atoms with E-state index in [1.165, 1.54) is 37.9 Å². The van der Waals surface area contributed by atoms with E-state index in [2.05, 4.69) is 16.7 Å². The first kappa shape index (κ1) is 13.8. The zero-order valence-corrected chi connectivity index (χ0v) is 12.3. The van der Waals surface area contributed by atoms with E-state index in [0.717, 1.165) is 18.7 Å². The Hall–Kier alpha value is -1.19. The van der Waals surface area contributed by atoms with Crippen LogP contribution in [0.3, 0.4) is 0 Å². The third-order valence-corrected chi connectivity index (χ3v) is 4.63. The van der Waals surface area contributed by atoms with Crippen molar-refractivity contribution in [1.29, 1.82) is 0 Å². The Morgan fingerprint density at radius 1 is 1.15 bits per heavy atom. The second-order valence-electron chi connectivity index (χ2n) is 6.21. The summed E-state index contributed by atoms with van der Waals surface area (Å²) in [5.41, 5.74) is 2.06. The van der Waals surface area contributed by atoms with Crippen LogP contribution in [0, 0.1) is 6.92 Å². The van der Waals surface area contributed by atoms with E-state index in [4.69, 9.17) is 0 Å². The smallest absolute Gasteiger partial charge is 0.176 e. The fourth-order valence-corrected chi connectivity index (χ4v) is 3.46. The highest BCUT2D eigenvalue weighted by atomic mass is 16.1. The molecule has 3 rings (SSSR count). The van der Waals surface area contributed by atoms with Crippen LogP contribution in [0.25, 0.3) is 0 Å². The van der Waals surface area contributed by atoms with Gasteiger partial charge in [0.05, 0.1) is 6.54 Å². The molecule has 20 heavy (non-hydrogen) atoms. The third-order valence-electron chi connectivity index (χ3n) is 4.63. The molecule has 2 heterocycles. The fourth-order valence-electron chi connectivity index (χ4n) is 3.46. The Bertz CT molecular complexity index is 468. The molecular formula is C17H24N2O. The van der Waals surface area contributed by atoms with Crippen LogP contribution in [0.15, 0.2) is 24.3 Å². The van der Waals surface area contributed by atoms with Crippen molar-refractivity contribution >= 4 is 5.78 Å². The van der Waals surface area contributed by atoms with Crippen molar-refractivity contribution in [2.45, 2.75) is 32.2 Å². The van der Waals surface area contributed by atoms with E-state index in [9.17, 15) is 4.79 Å². The molecule has 0 amide bonds. The summed E-state index contributed by atoms with van der Waals surface area (Å²) in [6, 6.07) is 8.64. The molecule has 3 heteroatoms. The maximum Gasteiger partial charge on any atom is 0.176 e. The first-order valence-electron chi connectivity index (χ1n) is 7.78. The molecule has 108 valence electrons. The molecule has 0 aromatic heterocycles. The van der Waals surface area contributed by atoms with Crippen LogP contribution in [0.1, 0.15) is 35.2 Å². The highest BCUT2D eigenvalue weighted by Gasteiger charge is 2.29. The zero-order valence-electron chi connectivity index (χ0n) is 12.3. The van der Waals surface area contributed by atoms with Crippen molar-refractivity contribution in [3.63, 3.8) is 0 Å². The Labute approximate surface area is 121 Å². The number of nitrogens with zero attached hydrogens (tertiary/aromatic N) is 2. The lowest BCUT2D eigenvalue weighted by Crippen LogP contribution is -2.38. The second-order valence-corrected chi connectivity index (χ2v) is 6.21. The number of ketones is 1. The minimum Gasteiger partial charge on any atom is -0.299 e. The van der Waals surface area contributed by atoms with E-state index in [1.807, 2.05) is 24.3 Å². The molecule has 3 nitrogen and oxygen atoms in total. The Morgan fingerprint density at radius 2 is 1.90 bits per heavy atom. The number of fused-ring (bicyclic) bond motifs is 1. The SMILES string of the molecule is Cc1ccc(C(=O)CN2CCCN3CCCC3C2)cc1. The number of Topliss-reactive ketones (excluding diaryl/α,β-unsaturated/α-hetero) is 1. The number of hydrogen-bond acceptors (Lipinski definition) is 3. The minimum absolute atomic E-state index is 0.261. The average molecular weight is 272 g/mol. The number of benzene rings is 1. The number of rotatable bonds is 3. The molecule has 1 aromatic rings. The van der Waals surface area contributed by atoms with Gasteiger partial charge in [0.25, 0.3) is 0 Å². The van der Waals surface area contributed by atoms with Crippen molar-refractivity contribution in [3.8, 4) is 0 Å². The Morgan fingerprint density at radius 3 is 2.70 bits per heavy atom. The molecule has 2 fully saturated rings. The molecule has 0 saturated carbocycles. The highest BCUT2D eigenvalue weighted by Crippen LogP contribution is 2.21. The standard InChI is InChI=1S/C17H24N2O/c1-14-5-7-15(8-6-14)17(20)13-18-9-3-11-19-10-2-4-16(19)12-18/h5-8,16H,2-4,9-13H2,1H3. The van der Waals surface area contributed by atoms with Gasteiger partial charge < -0.3 is 0 Å². The van der Waals surface area contributed by atoms with Gasteiger partial charge in [0.15, 0.2) is 5.78 Å². The van der Waals surface area contributed by atoms with Gasteiger partial charge in [-0.15, -0.1) is 0 Å². The lowest BCUT2D eigenvalue weighted by atomic mass is 10.1. The molecule has 0 bridgehead atoms. The molecule has 1 aromatic carbocycles. The average Bonchev–Trinajstić information content (AvgIpc) is 2.78. The van der Waals surface area contributed by atoms with Gasteiger partial charge in [0.2, 0.25) is 0 Å². The summed E-state index contributed by atoms with van der Waals surface area (Å²) in [4.78, 5) is 17.3. The third kappa shape index (κ3) is 3.10. The minimum atomic E-state index is 0.261. The fraction of sp³-hybridized carbons (Fsp3) is 0.588. The number of hydrogen-bond donors (Lipinski definition) is 0. The van der Waals surface area contributed by atoms with Crippen molar-refractivity contribution < 1.29 is 4.79 Å². The van der Waals surface area contributed by atoms with Gasteiger partial charge in [-0.3, -0.25) is 14.6 Å². The summed E-state index contributed by atoms with van der Waals surface area (Å²) in [7, 11) is 0. The van der Waals surface area contributed by atoms with E-state index < -0.39 is 0 Å². The van der Waals surface area contributed by atoms with Gasteiger partial charge in [0.1, 0.15) is 0 Å². The summed E-state index contributed by atoms with van der Waals surface area (Å²) in [5.74, 6) is 0.261. The quantitative estimate of drug-likeness (QED) is 0.789. The predicted octanol–water partition coefficient (Wildman–Crippen LogP) is 2.35. The first-order valence-corrected chi connectivity index (χ1v) is 7.78. The monoisotopic (exact) mass is 272 g/mol. The zero-order chi connectivity index (χ0) is 13.9. The van der Waals surface area contributed by atoms with Gasteiger partial charge in [-0.05, 0) is 45.8 Å². The van der Waals surface area contributed by atoms with Crippen LogP contribution in [-0.2, 0) is 0 Å².